The number of nitrogens with two attached hydrogens (primary N) is 1. The first-order valence-corrected chi connectivity index (χ1v) is 5.61. The Balaban J connectivity index is 2.39. The quantitative estimate of drug-likeness (QED) is 0.843. The number of benzene rings is 1. The molecule has 0 radical (unpaired) electrons. The summed E-state index contributed by atoms with van der Waals surface area (Å²) in [5.41, 5.74) is 9.83. The Bertz CT molecular complexity index is 626. The molecule has 0 amide bonds. The fourth-order valence-electron chi connectivity index (χ4n) is 1.62. The lowest BCUT2D eigenvalue weighted by atomic mass is 10.1. The lowest BCUT2D eigenvalue weighted by Crippen LogP contribution is -2.01. The van der Waals surface area contributed by atoms with Crippen LogP contribution in [-0.2, 0) is 0 Å². The van der Waals surface area contributed by atoms with Gasteiger partial charge in [0.15, 0.2) is 5.82 Å². The first kappa shape index (κ1) is 11.9. The number of nitriles is 1. The molecule has 0 bridgehead atoms. The number of nitrogen functional groups attached to an aromatic ring is 1. The Morgan fingerprint density at radius 1 is 1.22 bits per heavy atom. The lowest BCUT2D eigenvalue weighted by molar-refractivity contribution is 1.20. The minimum atomic E-state index is 0.586. The number of pyridine rings is 1. The highest BCUT2D eigenvalue weighted by Gasteiger charge is 2.05. The van der Waals surface area contributed by atoms with Crippen LogP contribution in [0.3, 0.4) is 0 Å². The van der Waals surface area contributed by atoms with Gasteiger partial charge < -0.3 is 11.1 Å². The lowest BCUT2D eigenvalue weighted by Gasteiger charge is -2.11. The highest BCUT2D eigenvalue weighted by Crippen LogP contribution is 2.24. The fourth-order valence-corrected chi connectivity index (χ4v) is 1.62. The van der Waals surface area contributed by atoms with E-state index in [1.807, 2.05) is 32.0 Å². The SMILES string of the molecule is Cc1ccc(N)c(Nc2cc(C#N)ccc2C)n1. The average molecular weight is 238 g/mol. The second-order valence-electron chi connectivity index (χ2n) is 4.16. The first-order valence-electron chi connectivity index (χ1n) is 5.61. The Morgan fingerprint density at radius 3 is 2.72 bits per heavy atom. The van der Waals surface area contributed by atoms with E-state index in [2.05, 4.69) is 16.4 Å². The molecule has 90 valence electrons. The van der Waals surface area contributed by atoms with Crippen molar-refractivity contribution in [3.8, 4) is 6.07 Å². The summed E-state index contributed by atoms with van der Waals surface area (Å²) in [4.78, 5) is 4.35. The second kappa shape index (κ2) is 4.76. The topological polar surface area (TPSA) is 74.7 Å². The van der Waals surface area contributed by atoms with Crippen molar-refractivity contribution in [3.05, 3.63) is 47.2 Å². The molecule has 0 aliphatic carbocycles. The normalized spacial score (nSPS) is 9.83. The number of rotatable bonds is 2. The van der Waals surface area contributed by atoms with Gasteiger partial charge in [-0.1, -0.05) is 6.07 Å². The van der Waals surface area contributed by atoms with Crippen LogP contribution in [0.2, 0.25) is 0 Å². The molecule has 1 heterocycles. The summed E-state index contributed by atoms with van der Waals surface area (Å²) in [7, 11) is 0. The minimum Gasteiger partial charge on any atom is -0.396 e. The smallest absolute Gasteiger partial charge is 0.153 e. The Kier molecular flexibility index (Phi) is 3.16. The Labute approximate surface area is 106 Å². The van der Waals surface area contributed by atoms with E-state index in [9.17, 15) is 0 Å². The van der Waals surface area contributed by atoms with Gasteiger partial charge in [-0.2, -0.15) is 5.26 Å². The summed E-state index contributed by atoms with van der Waals surface area (Å²) in [6.45, 7) is 3.87. The third kappa shape index (κ3) is 2.41. The van der Waals surface area contributed by atoms with Gasteiger partial charge in [-0.05, 0) is 43.7 Å². The molecule has 3 N–H and O–H groups in total. The molecule has 0 unspecified atom stereocenters. The molecule has 2 aromatic rings. The summed E-state index contributed by atoms with van der Waals surface area (Å²) in [6.07, 6.45) is 0. The van der Waals surface area contributed by atoms with Crippen LogP contribution < -0.4 is 11.1 Å². The number of anilines is 3. The average Bonchev–Trinajstić information content (AvgIpc) is 2.36. The van der Waals surface area contributed by atoms with E-state index < -0.39 is 0 Å². The second-order valence-corrected chi connectivity index (χ2v) is 4.16. The maximum absolute atomic E-state index is 8.90. The molecule has 4 heteroatoms. The van der Waals surface area contributed by atoms with Crippen LogP contribution in [0, 0.1) is 25.2 Å². The zero-order chi connectivity index (χ0) is 13.1. The molecule has 1 aromatic heterocycles. The molecule has 2 rings (SSSR count). The molecule has 0 fully saturated rings. The predicted octanol–water partition coefficient (Wildman–Crippen LogP) is 2.90. The van der Waals surface area contributed by atoms with E-state index in [1.165, 1.54) is 0 Å². The van der Waals surface area contributed by atoms with Crippen LogP contribution in [-0.4, -0.2) is 4.98 Å². The summed E-state index contributed by atoms with van der Waals surface area (Å²) in [6, 6.07) is 11.3. The number of aromatic nitrogens is 1. The molecule has 0 aliphatic heterocycles. The van der Waals surface area contributed by atoms with Crippen molar-refractivity contribution in [1.82, 2.24) is 4.98 Å². The van der Waals surface area contributed by atoms with Crippen LogP contribution in [0.1, 0.15) is 16.8 Å². The van der Waals surface area contributed by atoms with Crippen molar-refractivity contribution < 1.29 is 0 Å². The largest absolute Gasteiger partial charge is 0.396 e. The van der Waals surface area contributed by atoms with E-state index >= 15 is 0 Å². The number of nitrogens with one attached hydrogen (secondary N) is 1. The fraction of sp³-hybridized carbons (Fsp3) is 0.143. The molecule has 4 nitrogen and oxygen atoms in total. The monoisotopic (exact) mass is 238 g/mol. The first-order chi connectivity index (χ1) is 8.60. The van der Waals surface area contributed by atoms with Crippen molar-refractivity contribution in [1.29, 1.82) is 5.26 Å². The van der Waals surface area contributed by atoms with Gasteiger partial charge in [-0.3, -0.25) is 0 Å². The van der Waals surface area contributed by atoms with E-state index in [0.29, 0.717) is 17.1 Å². The van der Waals surface area contributed by atoms with Gasteiger partial charge in [0.05, 0.1) is 17.3 Å². The van der Waals surface area contributed by atoms with Gasteiger partial charge in [0.25, 0.3) is 0 Å². The standard InChI is InChI=1S/C14H14N4/c1-9-3-5-11(8-15)7-13(9)18-14-12(16)6-4-10(2)17-14/h3-7H,16H2,1-2H3,(H,17,18). The van der Waals surface area contributed by atoms with Crippen LogP contribution >= 0.6 is 0 Å². The molecule has 1 aromatic carbocycles. The minimum absolute atomic E-state index is 0.586. The summed E-state index contributed by atoms with van der Waals surface area (Å²) in [5.74, 6) is 0.619. The van der Waals surface area contributed by atoms with Gasteiger partial charge in [0.2, 0.25) is 0 Å². The Hall–Kier alpha value is -2.54. The summed E-state index contributed by atoms with van der Waals surface area (Å²) >= 11 is 0. The molecule has 0 saturated heterocycles. The summed E-state index contributed by atoms with van der Waals surface area (Å²) in [5, 5.41) is 12.1. The van der Waals surface area contributed by atoms with Crippen molar-refractivity contribution in [3.63, 3.8) is 0 Å². The van der Waals surface area contributed by atoms with Crippen molar-refractivity contribution in [2.75, 3.05) is 11.1 Å². The zero-order valence-electron chi connectivity index (χ0n) is 10.4. The number of aryl methyl sites for hydroxylation is 2. The third-order valence-electron chi connectivity index (χ3n) is 2.69. The highest BCUT2D eigenvalue weighted by atomic mass is 15.0. The van der Waals surface area contributed by atoms with E-state index in [1.54, 1.807) is 12.1 Å². The van der Waals surface area contributed by atoms with Gasteiger partial charge in [0, 0.05) is 11.4 Å². The third-order valence-corrected chi connectivity index (χ3v) is 2.69. The number of nitrogens with zero attached hydrogens (tertiary/aromatic N) is 2. The molecular weight excluding hydrogens is 224 g/mol. The molecule has 0 saturated carbocycles. The van der Waals surface area contributed by atoms with Crippen LogP contribution in [0.4, 0.5) is 17.2 Å². The number of hydrogen-bond acceptors (Lipinski definition) is 4. The van der Waals surface area contributed by atoms with E-state index in [4.69, 9.17) is 11.0 Å². The van der Waals surface area contributed by atoms with Crippen molar-refractivity contribution >= 4 is 17.2 Å². The van der Waals surface area contributed by atoms with E-state index in [-0.39, 0.29) is 0 Å². The molecule has 0 atom stereocenters. The zero-order valence-corrected chi connectivity index (χ0v) is 10.4. The van der Waals surface area contributed by atoms with Crippen LogP contribution in [0.25, 0.3) is 0 Å². The van der Waals surface area contributed by atoms with Crippen molar-refractivity contribution in [2.45, 2.75) is 13.8 Å². The molecular formula is C14H14N4. The summed E-state index contributed by atoms with van der Waals surface area (Å²) < 4.78 is 0. The van der Waals surface area contributed by atoms with Gasteiger partial charge >= 0.3 is 0 Å². The van der Waals surface area contributed by atoms with Crippen LogP contribution in [0.5, 0.6) is 0 Å². The molecule has 0 aliphatic rings. The van der Waals surface area contributed by atoms with Crippen molar-refractivity contribution in [2.24, 2.45) is 0 Å². The highest BCUT2D eigenvalue weighted by molar-refractivity contribution is 5.71. The maximum Gasteiger partial charge on any atom is 0.153 e. The Morgan fingerprint density at radius 2 is 2.00 bits per heavy atom. The van der Waals surface area contributed by atoms with Gasteiger partial charge in [-0.25, -0.2) is 4.98 Å². The van der Waals surface area contributed by atoms with Gasteiger partial charge in [0.1, 0.15) is 0 Å². The van der Waals surface area contributed by atoms with Crippen LogP contribution in [0.15, 0.2) is 30.3 Å². The van der Waals surface area contributed by atoms with Gasteiger partial charge in [-0.15, -0.1) is 0 Å². The maximum atomic E-state index is 8.90. The molecule has 18 heavy (non-hydrogen) atoms. The predicted molar refractivity (Wildman–Crippen MR) is 72.6 cm³/mol. The molecule has 0 spiro atoms. The number of hydrogen-bond donors (Lipinski definition) is 2. The van der Waals surface area contributed by atoms with E-state index in [0.717, 1.165) is 16.9 Å².